The molecule has 0 aromatic rings. The summed E-state index contributed by atoms with van der Waals surface area (Å²) < 4.78 is 0. The fraction of sp³-hybridized carbons (Fsp3) is 0.700. The highest BCUT2D eigenvalue weighted by atomic mass is 15.0. The molecule has 0 unspecified atom stereocenters. The summed E-state index contributed by atoms with van der Waals surface area (Å²) in [4.78, 5) is 7.83. The van der Waals surface area contributed by atoms with Crippen LogP contribution in [-0.2, 0) is 0 Å². The number of rotatable bonds is 2. The molecule has 0 aromatic carbocycles. The molecule has 3 N–H and O–H groups in total. The molecule has 14 heavy (non-hydrogen) atoms. The Bertz CT molecular complexity index is 262. The van der Waals surface area contributed by atoms with Gasteiger partial charge in [0.1, 0.15) is 0 Å². The van der Waals surface area contributed by atoms with Crippen LogP contribution in [0.25, 0.3) is 0 Å². The fourth-order valence-corrected chi connectivity index (χ4v) is 1.90. The van der Waals surface area contributed by atoms with Crippen LogP contribution in [0, 0.1) is 11.3 Å². The number of aliphatic imine (C=N–C) groups is 2. The minimum absolute atomic E-state index is 0. The van der Waals surface area contributed by atoms with E-state index in [4.69, 9.17) is 11.1 Å². The van der Waals surface area contributed by atoms with E-state index in [0.717, 1.165) is 31.4 Å². The minimum atomic E-state index is 0. The molecule has 0 spiro atoms. The number of guanidine groups is 1. The van der Waals surface area contributed by atoms with Gasteiger partial charge in [-0.15, -0.1) is 0 Å². The molecule has 4 heteroatoms. The maximum atomic E-state index is 7.59. The maximum absolute atomic E-state index is 7.59. The zero-order valence-electron chi connectivity index (χ0n) is 8.66. The van der Waals surface area contributed by atoms with E-state index in [2.05, 4.69) is 16.7 Å². The molecule has 80 valence electrons. The molecule has 1 fully saturated rings. The first kappa shape index (κ1) is 10.9. The Labute approximate surface area is 86.3 Å². The Morgan fingerprint density at radius 2 is 2.29 bits per heavy atom. The van der Waals surface area contributed by atoms with E-state index in [1.807, 2.05) is 6.92 Å². The monoisotopic (exact) mass is 196 g/mol. The van der Waals surface area contributed by atoms with Gasteiger partial charge in [0.05, 0.1) is 6.04 Å². The highest BCUT2D eigenvalue weighted by molar-refractivity contribution is 5.83. The van der Waals surface area contributed by atoms with Crippen molar-refractivity contribution in [1.82, 2.24) is 0 Å². The van der Waals surface area contributed by atoms with Gasteiger partial charge in [0.25, 0.3) is 0 Å². The highest BCUT2D eigenvalue weighted by Gasteiger charge is 2.22. The normalized spacial score (nSPS) is 28.5. The second kappa shape index (κ2) is 4.88. The molecule has 0 aliphatic heterocycles. The van der Waals surface area contributed by atoms with Crippen molar-refractivity contribution in [3.8, 4) is 0 Å². The zero-order valence-corrected chi connectivity index (χ0v) is 8.66. The topological polar surface area (TPSA) is 74.6 Å². The van der Waals surface area contributed by atoms with Gasteiger partial charge in [-0.3, -0.25) is 0 Å². The average Bonchev–Trinajstić information content (AvgIpc) is 2.18. The molecule has 2 atom stereocenters. The summed E-state index contributed by atoms with van der Waals surface area (Å²) in [6, 6.07) is 0.236. The first-order valence-corrected chi connectivity index (χ1v) is 4.98. The van der Waals surface area contributed by atoms with E-state index >= 15 is 0 Å². The van der Waals surface area contributed by atoms with Crippen molar-refractivity contribution in [2.45, 2.75) is 38.6 Å². The van der Waals surface area contributed by atoms with Gasteiger partial charge < -0.3 is 11.1 Å². The van der Waals surface area contributed by atoms with Crippen LogP contribution in [0.2, 0.25) is 0 Å². The molecule has 1 rings (SSSR count). The lowest BCUT2D eigenvalue weighted by molar-refractivity contribution is 0.388. The summed E-state index contributed by atoms with van der Waals surface area (Å²) in [6.45, 7) is 5.20. The molecule has 1 aliphatic rings. The van der Waals surface area contributed by atoms with Gasteiger partial charge in [0.2, 0.25) is 5.96 Å². The van der Waals surface area contributed by atoms with Gasteiger partial charge in [0, 0.05) is 7.14 Å². The first-order valence-electron chi connectivity index (χ1n) is 4.98. The fourth-order valence-electron chi connectivity index (χ4n) is 1.90. The SMILES string of the molecule is C=NC(N)=N[C@@H]1CCC[C@H](C(C)=N)C1.[HH]. The predicted octanol–water partition coefficient (Wildman–Crippen LogP) is 1.85. The second-order valence-electron chi connectivity index (χ2n) is 3.85. The third-order valence-corrected chi connectivity index (χ3v) is 2.74. The predicted molar refractivity (Wildman–Crippen MR) is 62.4 cm³/mol. The van der Waals surface area contributed by atoms with Gasteiger partial charge >= 0.3 is 0 Å². The van der Waals surface area contributed by atoms with E-state index in [1.165, 1.54) is 0 Å². The summed E-state index contributed by atoms with van der Waals surface area (Å²) in [5.74, 6) is 0.661. The number of nitrogens with zero attached hydrogens (tertiary/aromatic N) is 2. The van der Waals surface area contributed by atoms with Crippen molar-refractivity contribution in [1.29, 1.82) is 5.41 Å². The Balaban J connectivity index is 0.00000196. The van der Waals surface area contributed by atoms with Crippen LogP contribution in [0.5, 0.6) is 0 Å². The molecular weight excluding hydrogens is 176 g/mol. The number of hydrogen-bond acceptors (Lipinski definition) is 2. The van der Waals surface area contributed by atoms with Crippen molar-refractivity contribution in [2.75, 3.05) is 0 Å². The number of nitrogens with one attached hydrogen (secondary N) is 1. The summed E-state index contributed by atoms with van der Waals surface area (Å²) >= 11 is 0. The molecule has 1 aliphatic carbocycles. The van der Waals surface area contributed by atoms with Gasteiger partial charge in [-0.2, -0.15) is 0 Å². The van der Waals surface area contributed by atoms with Crippen molar-refractivity contribution < 1.29 is 1.43 Å². The molecule has 0 bridgehead atoms. The Morgan fingerprint density at radius 3 is 2.86 bits per heavy atom. The third kappa shape index (κ3) is 2.94. The van der Waals surface area contributed by atoms with Gasteiger partial charge in [-0.1, -0.05) is 6.42 Å². The van der Waals surface area contributed by atoms with Crippen LogP contribution >= 0.6 is 0 Å². The molecule has 4 nitrogen and oxygen atoms in total. The van der Waals surface area contributed by atoms with Gasteiger partial charge in [-0.05, 0) is 38.8 Å². The van der Waals surface area contributed by atoms with Crippen LogP contribution < -0.4 is 5.73 Å². The highest BCUT2D eigenvalue weighted by Crippen LogP contribution is 2.27. The molecule has 0 amide bonds. The van der Waals surface area contributed by atoms with Crippen LogP contribution in [0.3, 0.4) is 0 Å². The maximum Gasteiger partial charge on any atom is 0.214 e. The quantitative estimate of drug-likeness (QED) is 0.513. The van der Waals surface area contributed by atoms with Crippen molar-refractivity contribution in [2.24, 2.45) is 21.6 Å². The summed E-state index contributed by atoms with van der Waals surface area (Å²) in [5.41, 5.74) is 6.25. The average molecular weight is 196 g/mol. The van der Waals surface area contributed by atoms with Crippen LogP contribution in [0.15, 0.2) is 9.98 Å². The van der Waals surface area contributed by atoms with E-state index in [9.17, 15) is 0 Å². The molecule has 0 heterocycles. The number of hydrogen-bond donors (Lipinski definition) is 2. The Morgan fingerprint density at radius 1 is 1.57 bits per heavy atom. The number of nitrogens with two attached hydrogens (primary N) is 1. The van der Waals surface area contributed by atoms with Gasteiger partial charge in [0.15, 0.2) is 0 Å². The van der Waals surface area contributed by atoms with Crippen molar-refractivity contribution in [3.05, 3.63) is 0 Å². The Kier molecular flexibility index (Phi) is 3.80. The molecule has 0 radical (unpaired) electrons. The summed E-state index contributed by atoms with van der Waals surface area (Å²) in [6.07, 6.45) is 4.23. The lowest BCUT2D eigenvalue weighted by Gasteiger charge is -2.26. The van der Waals surface area contributed by atoms with E-state index in [1.54, 1.807) is 0 Å². The lowest BCUT2D eigenvalue weighted by Crippen LogP contribution is -2.25. The zero-order chi connectivity index (χ0) is 10.6. The first-order chi connectivity index (χ1) is 6.63. The standard InChI is InChI=1S/C10H18N4.H2/c1-7(11)8-4-3-5-9(6-8)14-10(12)13-2;/h8-9,11H,2-6H2,1H3,(H2,12,14);1H/t8-,9+;/m0./s1. The lowest BCUT2D eigenvalue weighted by atomic mass is 9.83. The van der Waals surface area contributed by atoms with Crippen LogP contribution in [-0.4, -0.2) is 24.4 Å². The summed E-state index contributed by atoms with van der Waals surface area (Å²) in [7, 11) is 0. The van der Waals surface area contributed by atoms with Crippen molar-refractivity contribution in [3.63, 3.8) is 0 Å². The van der Waals surface area contributed by atoms with E-state index < -0.39 is 0 Å². The largest absolute Gasteiger partial charge is 0.368 e. The second-order valence-corrected chi connectivity index (χ2v) is 3.85. The Hall–Kier alpha value is -1.19. The smallest absolute Gasteiger partial charge is 0.214 e. The van der Waals surface area contributed by atoms with Crippen LogP contribution in [0.1, 0.15) is 34.0 Å². The van der Waals surface area contributed by atoms with Crippen LogP contribution in [0.4, 0.5) is 0 Å². The van der Waals surface area contributed by atoms with E-state index in [-0.39, 0.29) is 13.4 Å². The molecular formula is C10H20N4. The van der Waals surface area contributed by atoms with E-state index in [0.29, 0.717) is 5.92 Å². The van der Waals surface area contributed by atoms with Gasteiger partial charge in [-0.25, -0.2) is 9.98 Å². The van der Waals surface area contributed by atoms with Crippen molar-refractivity contribution >= 4 is 18.4 Å². The minimum Gasteiger partial charge on any atom is -0.368 e. The molecule has 1 saturated carbocycles. The molecule has 0 saturated heterocycles. The third-order valence-electron chi connectivity index (χ3n) is 2.74. The molecule has 0 aromatic heterocycles. The summed E-state index contributed by atoms with van der Waals surface area (Å²) in [5, 5.41) is 7.59.